The fraction of sp³-hybridized carbons (Fsp3) is 0.0870. The quantitative estimate of drug-likeness (QED) is 0.486. The Morgan fingerprint density at radius 1 is 0.640 bits per heavy atom. The normalized spacial score (nSPS) is 10.7. The number of pyridine rings is 1. The SMILES string of the molecule is c1ccc(CN(Cc2ccc3ccccc3c2)c2cccnc2)cc1. The summed E-state index contributed by atoms with van der Waals surface area (Å²) in [6, 6.07) is 29.9. The Morgan fingerprint density at radius 3 is 2.20 bits per heavy atom. The zero-order valence-corrected chi connectivity index (χ0v) is 14.0. The first-order chi connectivity index (χ1) is 12.4. The molecule has 0 aliphatic heterocycles. The van der Waals surface area contributed by atoms with Gasteiger partial charge in [0.05, 0.1) is 11.9 Å². The lowest BCUT2D eigenvalue weighted by molar-refractivity contribution is 0.798. The minimum Gasteiger partial charge on any atom is -0.362 e. The Morgan fingerprint density at radius 2 is 1.40 bits per heavy atom. The van der Waals surface area contributed by atoms with E-state index in [2.05, 4.69) is 88.7 Å². The van der Waals surface area contributed by atoms with E-state index >= 15 is 0 Å². The van der Waals surface area contributed by atoms with Gasteiger partial charge in [-0.05, 0) is 40.1 Å². The molecule has 122 valence electrons. The van der Waals surface area contributed by atoms with E-state index in [4.69, 9.17) is 0 Å². The summed E-state index contributed by atoms with van der Waals surface area (Å²) in [5, 5.41) is 2.56. The van der Waals surface area contributed by atoms with Gasteiger partial charge in [0.2, 0.25) is 0 Å². The van der Waals surface area contributed by atoms with Gasteiger partial charge in [-0.2, -0.15) is 0 Å². The molecular weight excluding hydrogens is 304 g/mol. The second kappa shape index (κ2) is 7.18. The molecule has 1 aromatic heterocycles. The number of rotatable bonds is 5. The van der Waals surface area contributed by atoms with Crippen molar-refractivity contribution < 1.29 is 0 Å². The number of hydrogen-bond donors (Lipinski definition) is 0. The molecule has 0 saturated heterocycles. The van der Waals surface area contributed by atoms with E-state index in [0.717, 1.165) is 18.8 Å². The predicted octanol–water partition coefficient (Wildman–Crippen LogP) is 5.44. The van der Waals surface area contributed by atoms with Crippen molar-refractivity contribution in [2.24, 2.45) is 0 Å². The third-order valence-corrected chi connectivity index (χ3v) is 4.41. The highest BCUT2D eigenvalue weighted by Gasteiger charge is 2.09. The van der Waals surface area contributed by atoms with Crippen molar-refractivity contribution in [3.8, 4) is 0 Å². The molecule has 4 aromatic rings. The molecule has 0 bridgehead atoms. The molecule has 1 heterocycles. The summed E-state index contributed by atoms with van der Waals surface area (Å²) in [6.07, 6.45) is 3.75. The van der Waals surface area contributed by atoms with Gasteiger partial charge in [-0.3, -0.25) is 4.98 Å². The van der Waals surface area contributed by atoms with Crippen molar-refractivity contribution in [2.75, 3.05) is 4.90 Å². The lowest BCUT2D eigenvalue weighted by Gasteiger charge is -2.25. The van der Waals surface area contributed by atoms with Crippen molar-refractivity contribution in [1.82, 2.24) is 4.98 Å². The van der Waals surface area contributed by atoms with Gasteiger partial charge in [0.25, 0.3) is 0 Å². The summed E-state index contributed by atoms with van der Waals surface area (Å²) in [4.78, 5) is 6.66. The zero-order chi connectivity index (χ0) is 16.9. The van der Waals surface area contributed by atoms with Crippen LogP contribution in [0.3, 0.4) is 0 Å². The largest absolute Gasteiger partial charge is 0.362 e. The molecular formula is C23H20N2. The third kappa shape index (κ3) is 3.69. The number of fused-ring (bicyclic) bond motifs is 1. The topological polar surface area (TPSA) is 16.1 Å². The summed E-state index contributed by atoms with van der Waals surface area (Å²) in [5.74, 6) is 0. The predicted molar refractivity (Wildman–Crippen MR) is 105 cm³/mol. The standard InChI is InChI=1S/C23H20N2/c1-2-7-19(8-3-1)17-25(23-11-6-14-24-16-23)18-20-12-13-21-9-4-5-10-22(21)15-20/h1-16H,17-18H2. The van der Waals surface area contributed by atoms with Crippen LogP contribution in [0, 0.1) is 0 Å². The smallest absolute Gasteiger partial charge is 0.0558 e. The molecule has 0 atom stereocenters. The minimum atomic E-state index is 0.853. The second-order valence-electron chi connectivity index (χ2n) is 6.23. The maximum atomic E-state index is 4.30. The van der Waals surface area contributed by atoms with Crippen molar-refractivity contribution >= 4 is 16.5 Å². The Kier molecular flexibility index (Phi) is 4.42. The van der Waals surface area contributed by atoms with Crippen LogP contribution in [0.15, 0.2) is 97.3 Å². The monoisotopic (exact) mass is 324 g/mol. The maximum absolute atomic E-state index is 4.30. The number of aromatic nitrogens is 1. The Bertz CT molecular complexity index is 949. The van der Waals surface area contributed by atoms with Crippen LogP contribution in [-0.2, 0) is 13.1 Å². The molecule has 0 unspecified atom stereocenters. The van der Waals surface area contributed by atoms with Crippen molar-refractivity contribution in [1.29, 1.82) is 0 Å². The average molecular weight is 324 g/mol. The first-order valence-corrected chi connectivity index (χ1v) is 8.55. The van der Waals surface area contributed by atoms with Gasteiger partial charge in [0.15, 0.2) is 0 Å². The molecule has 0 radical (unpaired) electrons. The fourth-order valence-corrected chi connectivity index (χ4v) is 3.14. The van der Waals surface area contributed by atoms with Crippen LogP contribution >= 0.6 is 0 Å². The summed E-state index contributed by atoms with van der Waals surface area (Å²) in [5.41, 5.74) is 3.74. The average Bonchev–Trinajstić information content (AvgIpc) is 2.69. The van der Waals surface area contributed by atoms with Gasteiger partial charge in [-0.15, -0.1) is 0 Å². The zero-order valence-electron chi connectivity index (χ0n) is 14.0. The molecule has 0 saturated carbocycles. The molecule has 0 amide bonds. The van der Waals surface area contributed by atoms with Crippen LogP contribution in [0.1, 0.15) is 11.1 Å². The van der Waals surface area contributed by atoms with Gasteiger partial charge in [0.1, 0.15) is 0 Å². The van der Waals surface area contributed by atoms with E-state index in [1.807, 2.05) is 18.5 Å². The number of nitrogens with zero attached hydrogens (tertiary/aromatic N) is 2. The fourth-order valence-electron chi connectivity index (χ4n) is 3.14. The van der Waals surface area contributed by atoms with Crippen LogP contribution in [0.2, 0.25) is 0 Å². The summed E-state index contributed by atoms with van der Waals surface area (Å²) in [6.45, 7) is 1.71. The first kappa shape index (κ1) is 15.4. The van der Waals surface area contributed by atoms with Crippen LogP contribution in [-0.4, -0.2) is 4.98 Å². The highest BCUT2D eigenvalue weighted by molar-refractivity contribution is 5.83. The van der Waals surface area contributed by atoms with Gasteiger partial charge >= 0.3 is 0 Å². The molecule has 0 spiro atoms. The highest BCUT2D eigenvalue weighted by Crippen LogP contribution is 2.22. The summed E-state index contributed by atoms with van der Waals surface area (Å²) < 4.78 is 0. The molecule has 0 N–H and O–H groups in total. The van der Waals surface area contributed by atoms with E-state index in [1.54, 1.807) is 0 Å². The van der Waals surface area contributed by atoms with E-state index in [1.165, 1.54) is 21.9 Å². The number of benzene rings is 3. The second-order valence-corrected chi connectivity index (χ2v) is 6.23. The van der Waals surface area contributed by atoms with Gasteiger partial charge in [0, 0.05) is 19.3 Å². The lowest BCUT2D eigenvalue weighted by Crippen LogP contribution is -2.22. The molecule has 0 aliphatic carbocycles. The first-order valence-electron chi connectivity index (χ1n) is 8.55. The molecule has 25 heavy (non-hydrogen) atoms. The van der Waals surface area contributed by atoms with Crippen LogP contribution in [0.5, 0.6) is 0 Å². The Labute approximate surface area is 148 Å². The maximum Gasteiger partial charge on any atom is 0.0558 e. The Balaban J connectivity index is 1.65. The van der Waals surface area contributed by atoms with Gasteiger partial charge in [-0.1, -0.05) is 66.7 Å². The van der Waals surface area contributed by atoms with Gasteiger partial charge < -0.3 is 4.90 Å². The van der Waals surface area contributed by atoms with E-state index in [9.17, 15) is 0 Å². The number of hydrogen-bond acceptors (Lipinski definition) is 2. The molecule has 3 aromatic carbocycles. The van der Waals surface area contributed by atoms with Crippen LogP contribution < -0.4 is 4.90 Å². The highest BCUT2D eigenvalue weighted by atomic mass is 15.1. The van der Waals surface area contributed by atoms with Crippen LogP contribution in [0.4, 0.5) is 5.69 Å². The molecule has 0 aliphatic rings. The Hall–Kier alpha value is -3.13. The summed E-state index contributed by atoms with van der Waals surface area (Å²) >= 11 is 0. The van der Waals surface area contributed by atoms with Crippen molar-refractivity contribution in [3.63, 3.8) is 0 Å². The lowest BCUT2D eigenvalue weighted by atomic mass is 10.1. The molecule has 4 rings (SSSR count). The minimum absolute atomic E-state index is 0.853. The molecule has 2 heteroatoms. The van der Waals surface area contributed by atoms with E-state index < -0.39 is 0 Å². The van der Waals surface area contributed by atoms with Crippen molar-refractivity contribution in [2.45, 2.75) is 13.1 Å². The molecule has 0 fully saturated rings. The third-order valence-electron chi connectivity index (χ3n) is 4.41. The van der Waals surface area contributed by atoms with E-state index in [0.29, 0.717) is 0 Å². The number of anilines is 1. The van der Waals surface area contributed by atoms with E-state index in [-0.39, 0.29) is 0 Å². The van der Waals surface area contributed by atoms with Gasteiger partial charge in [-0.25, -0.2) is 0 Å². The molecule has 2 nitrogen and oxygen atoms in total. The van der Waals surface area contributed by atoms with Crippen LogP contribution in [0.25, 0.3) is 10.8 Å². The van der Waals surface area contributed by atoms with Crippen molar-refractivity contribution in [3.05, 3.63) is 108 Å². The summed E-state index contributed by atoms with van der Waals surface area (Å²) in [7, 11) is 0.